The standard InChI is InChI=1S/C8H15NO3/c1-2-4-7(5-3-6-10)9-8(11)12/h3,5,7,9-10H,2,4,6H2,1H3,(H,11,12)/b5-3+/t7-/m0/s1. The van der Waals surface area contributed by atoms with Gasteiger partial charge in [0.15, 0.2) is 0 Å². The highest BCUT2D eigenvalue weighted by atomic mass is 16.4. The van der Waals surface area contributed by atoms with Crippen molar-refractivity contribution < 1.29 is 15.0 Å². The molecule has 0 bridgehead atoms. The fraction of sp³-hybridized carbons (Fsp3) is 0.625. The van der Waals surface area contributed by atoms with Crippen molar-refractivity contribution in [2.24, 2.45) is 0 Å². The zero-order valence-electron chi connectivity index (χ0n) is 7.16. The molecule has 0 aromatic rings. The van der Waals surface area contributed by atoms with Crippen LogP contribution in [0.3, 0.4) is 0 Å². The first-order valence-corrected chi connectivity index (χ1v) is 3.97. The van der Waals surface area contributed by atoms with E-state index < -0.39 is 6.09 Å². The molecule has 0 radical (unpaired) electrons. The Bertz CT molecular complexity index is 156. The molecule has 1 atom stereocenters. The van der Waals surface area contributed by atoms with Crippen LogP contribution in [0.15, 0.2) is 12.2 Å². The van der Waals surface area contributed by atoms with Crippen molar-refractivity contribution in [1.29, 1.82) is 0 Å². The predicted octanol–water partition coefficient (Wildman–Crippen LogP) is 0.971. The normalized spacial score (nSPS) is 13.2. The number of hydrogen-bond donors (Lipinski definition) is 3. The van der Waals surface area contributed by atoms with E-state index >= 15 is 0 Å². The molecule has 0 aliphatic carbocycles. The van der Waals surface area contributed by atoms with E-state index in [2.05, 4.69) is 5.32 Å². The quantitative estimate of drug-likeness (QED) is 0.542. The van der Waals surface area contributed by atoms with Crippen molar-refractivity contribution in [3.63, 3.8) is 0 Å². The van der Waals surface area contributed by atoms with Gasteiger partial charge in [0.2, 0.25) is 0 Å². The second kappa shape index (κ2) is 6.67. The Hall–Kier alpha value is -1.03. The molecule has 1 amide bonds. The minimum Gasteiger partial charge on any atom is -0.465 e. The van der Waals surface area contributed by atoms with E-state index in [0.717, 1.165) is 12.8 Å². The molecule has 70 valence electrons. The summed E-state index contributed by atoms with van der Waals surface area (Å²) in [6.07, 6.45) is 3.83. The Kier molecular flexibility index (Phi) is 6.09. The first-order valence-electron chi connectivity index (χ1n) is 3.97. The SMILES string of the molecule is CCC[C@@H](/C=C/CO)NC(=O)O. The van der Waals surface area contributed by atoms with E-state index in [1.165, 1.54) is 6.08 Å². The van der Waals surface area contributed by atoms with Crippen molar-refractivity contribution in [3.8, 4) is 0 Å². The summed E-state index contributed by atoms with van der Waals surface area (Å²) in [6, 6.07) is -0.181. The van der Waals surface area contributed by atoms with Crippen molar-refractivity contribution in [1.82, 2.24) is 5.32 Å². The molecular formula is C8H15NO3. The van der Waals surface area contributed by atoms with E-state index in [1.54, 1.807) is 6.08 Å². The van der Waals surface area contributed by atoms with E-state index in [1.807, 2.05) is 6.92 Å². The Morgan fingerprint density at radius 2 is 2.33 bits per heavy atom. The maximum absolute atomic E-state index is 10.2. The molecule has 0 aliphatic rings. The largest absolute Gasteiger partial charge is 0.465 e. The fourth-order valence-corrected chi connectivity index (χ4v) is 0.911. The first-order chi connectivity index (χ1) is 5.70. The Labute approximate surface area is 71.9 Å². The van der Waals surface area contributed by atoms with Crippen LogP contribution in [0.1, 0.15) is 19.8 Å². The highest BCUT2D eigenvalue weighted by Gasteiger charge is 2.04. The third-order valence-corrected chi connectivity index (χ3v) is 1.38. The van der Waals surface area contributed by atoms with Gasteiger partial charge in [0.25, 0.3) is 0 Å². The van der Waals surface area contributed by atoms with Crippen molar-refractivity contribution in [2.45, 2.75) is 25.8 Å². The maximum Gasteiger partial charge on any atom is 0.405 e. The van der Waals surface area contributed by atoms with Gasteiger partial charge in [-0.05, 0) is 6.42 Å². The minimum atomic E-state index is -1.03. The summed E-state index contributed by atoms with van der Waals surface area (Å²) < 4.78 is 0. The predicted molar refractivity (Wildman–Crippen MR) is 46.1 cm³/mol. The highest BCUT2D eigenvalue weighted by Crippen LogP contribution is 1.97. The van der Waals surface area contributed by atoms with Gasteiger partial charge in [-0.25, -0.2) is 4.79 Å². The fourth-order valence-electron chi connectivity index (χ4n) is 0.911. The molecule has 0 rings (SSSR count). The lowest BCUT2D eigenvalue weighted by Gasteiger charge is -2.10. The highest BCUT2D eigenvalue weighted by molar-refractivity contribution is 5.65. The minimum absolute atomic E-state index is 0.0541. The van der Waals surface area contributed by atoms with Gasteiger partial charge >= 0.3 is 6.09 Å². The van der Waals surface area contributed by atoms with Crippen LogP contribution in [-0.2, 0) is 0 Å². The molecule has 0 unspecified atom stereocenters. The second-order valence-corrected chi connectivity index (χ2v) is 2.46. The molecule has 0 saturated carbocycles. The molecule has 0 fully saturated rings. The number of amides is 1. The monoisotopic (exact) mass is 173 g/mol. The van der Waals surface area contributed by atoms with Gasteiger partial charge in [0.1, 0.15) is 0 Å². The molecule has 0 saturated heterocycles. The lowest BCUT2D eigenvalue weighted by Crippen LogP contribution is -2.31. The summed E-state index contributed by atoms with van der Waals surface area (Å²) in [5, 5.41) is 19.2. The molecule has 0 heterocycles. The van der Waals surface area contributed by atoms with Crippen LogP contribution in [0.25, 0.3) is 0 Å². The smallest absolute Gasteiger partial charge is 0.405 e. The summed E-state index contributed by atoms with van der Waals surface area (Å²) in [7, 11) is 0. The van der Waals surface area contributed by atoms with Gasteiger partial charge in [0, 0.05) is 0 Å². The maximum atomic E-state index is 10.2. The van der Waals surface area contributed by atoms with Crippen LogP contribution in [0, 0.1) is 0 Å². The summed E-state index contributed by atoms with van der Waals surface area (Å²) in [6.45, 7) is 1.92. The topological polar surface area (TPSA) is 69.6 Å². The number of aliphatic hydroxyl groups is 1. The van der Waals surface area contributed by atoms with E-state index in [4.69, 9.17) is 10.2 Å². The molecule has 3 N–H and O–H groups in total. The van der Waals surface area contributed by atoms with Crippen LogP contribution < -0.4 is 5.32 Å². The summed E-state index contributed by atoms with van der Waals surface area (Å²) in [4.78, 5) is 10.2. The molecule has 0 spiro atoms. The van der Waals surface area contributed by atoms with Gasteiger partial charge in [-0.2, -0.15) is 0 Å². The zero-order valence-corrected chi connectivity index (χ0v) is 7.16. The molecule has 12 heavy (non-hydrogen) atoms. The Morgan fingerprint density at radius 1 is 1.67 bits per heavy atom. The molecule has 0 aliphatic heterocycles. The summed E-state index contributed by atoms with van der Waals surface area (Å²) >= 11 is 0. The van der Waals surface area contributed by atoms with Crippen LogP contribution >= 0.6 is 0 Å². The van der Waals surface area contributed by atoms with Crippen LogP contribution in [0.2, 0.25) is 0 Å². The summed E-state index contributed by atoms with van der Waals surface area (Å²) in [5.41, 5.74) is 0. The molecular weight excluding hydrogens is 158 g/mol. The van der Waals surface area contributed by atoms with Gasteiger partial charge in [-0.15, -0.1) is 0 Å². The number of rotatable bonds is 5. The average molecular weight is 173 g/mol. The third-order valence-electron chi connectivity index (χ3n) is 1.38. The molecule has 0 aromatic heterocycles. The van der Waals surface area contributed by atoms with Gasteiger partial charge < -0.3 is 15.5 Å². The lowest BCUT2D eigenvalue weighted by atomic mass is 10.1. The lowest BCUT2D eigenvalue weighted by molar-refractivity contribution is 0.191. The van der Waals surface area contributed by atoms with Gasteiger partial charge in [0.05, 0.1) is 12.6 Å². The van der Waals surface area contributed by atoms with E-state index in [9.17, 15) is 4.79 Å². The van der Waals surface area contributed by atoms with Crippen molar-refractivity contribution in [2.75, 3.05) is 6.61 Å². The second-order valence-electron chi connectivity index (χ2n) is 2.46. The molecule has 4 heteroatoms. The van der Waals surface area contributed by atoms with Crippen LogP contribution in [0.4, 0.5) is 4.79 Å². The van der Waals surface area contributed by atoms with E-state index in [0.29, 0.717) is 0 Å². The number of carboxylic acid groups (broad SMARTS) is 1. The molecule has 4 nitrogen and oxygen atoms in total. The van der Waals surface area contributed by atoms with Crippen molar-refractivity contribution >= 4 is 6.09 Å². The van der Waals surface area contributed by atoms with Gasteiger partial charge in [-0.3, -0.25) is 0 Å². The zero-order chi connectivity index (χ0) is 9.40. The number of hydrogen-bond acceptors (Lipinski definition) is 2. The van der Waals surface area contributed by atoms with Crippen LogP contribution in [-0.4, -0.2) is 29.0 Å². The van der Waals surface area contributed by atoms with Crippen molar-refractivity contribution in [3.05, 3.63) is 12.2 Å². The molecule has 0 aromatic carbocycles. The first kappa shape index (κ1) is 11.0. The third kappa shape index (κ3) is 5.73. The number of aliphatic hydroxyl groups excluding tert-OH is 1. The number of nitrogens with one attached hydrogen (secondary N) is 1. The average Bonchev–Trinajstić information content (AvgIpc) is 2.00. The number of carbonyl (C=O) groups is 1. The Balaban J connectivity index is 3.85. The summed E-state index contributed by atoms with van der Waals surface area (Å²) in [5.74, 6) is 0. The van der Waals surface area contributed by atoms with E-state index in [-0.39, 0.29) is 12.6 Å². The van der Waals surface area contributed by atoms with Crippen LogP contribution in [0.5, 0.6) is 0 Å². The Morgan fingerprint density at radius 3 is 2.75 bits per heavy atom. The van der Waals surface area contributed by atoms with Gasteiger partial charge in [-0.1, -0.05) is 25.5 Å².